The van der Waals surface area contributed by atoms with E-state index in [4.69, 9.17) is 4.74 Å². The molecule has 0 aliphatic carbocycles. The molecule has 7 heteroatoms. The average Bonchev–Trinajstić information content (AvgIpc) is 2.42. The summed E-state index contributed by atoms with van der Waals surface area (Å²) in [5.41, 5.74) is 0. The second kappa shape index (κ2) is 17.8. The molecule has 0 heterocycles. The minimum Gasteiger partial charge on any atom is -0.726 e. The smallest absolute Gasteiger partial charge is 0.726 e. The summed E-state index contributed by atoms with van der Waals surface area (Å²) in [6.45, 7) is 3.54. The van der Waals surface area contributed by atoms with Crippen LogP contribution in [0, 0.1) is 0 Å². The molecule has 0 spiro atoms. The van der Waals surface area contributed by atoms with Crippen LogP contribution in [0.1, 0.15) is 77.6 Å². The maximum atomic E-state index is 10.2. The minimum absolute atomic E-state index is 0. The average molecular weight is 330 g/mol. The molecule has 0 radical (unpaired) electrons. The molecule has 0 amide bonds. The standard InChI is InChI=1S/C15H32O5S.Li/c1-2-3-4-5-6-7-8-9-10-13-19-14-11-12-15-20-21(16,17)18;/h2-15H2,1H3,(H,16,17,18);/q;+1/p-1. The van der Waals surface area contributed by atoms with Crippen molar-refractivity contribution >= 4 is 10.4 Å². The fourth-order valence-corrected chi connectivity index (χ4v) is 2.41. The van der Waals surface area contributed by atoms with Crippen molar-refractivity contribution < 1.29 is 40.8 Å². The van der Waals surface area contributed by atoms with Crippen LogP contribution in [-0.2, 0) is 19.3 Å². The predicted octanol–water partition coefficient (Wildman–Crippen LogP) is 0.795. The van der Waals surface area contributed by atoms with E-state index in [-0.39, 0.29) is 25.5 Å². The third-order valence-corrected chi connectivity index (χ3v) is 3.76. The predicted molar refractivity (Wildman–Crippen MR) is 82.9 cm³/mol. The molecule has 0 rings (SSSR count). The Morgan fingerprint density at radius 2 is 1.14 bits per heavy atom. The van der Waals surface area contributed by atoms with Crippen molar-refractivity contribution in [1.29, 1.82) is 0 Å². The molecule has 0 aromatic carbocycles. The fraction of sp³-hybridized carbons (Fsp3) is 1.00. The summed E-state index contributed by atoms with van der Waals surface area (Å²) in [7, 11) is -4.53. The van der Waals surface area contributed by atoms with Gasteiger partial charge in [0.25, 0.3) is 0 Å². The first-order valence-corrected chi connectivity index (χ1v) is 9.57. The van der Waals surface area contributed by atoms with Crippen molar-refractivity contribution in [1.82, 2.24) is 0 Å². The molecule has 0 aromatic heterocycles. The van der Waals surface area contributed by atoms with Crippen LogP contribution in [0.3, 0.4) is 0 Å². The summed E-state index contributed by atoms with van der Waals surface area (Å²) in [5.74, 6) is 0. The van der Waals surface area contributed by atoms with Crippen LogP contribution in [0.15, 0.2) is 0 Å². The molecule has 128 valence electrons. The van der Waals surface area contributed by atoms with Gasteiger partial charge in [-0.25, -0.2) is 8.42 Å². The molecular formula is C15H31LiO5S. The first kappa shape index (κ1) is 24.7. The summed E-state index contributed by atoms with van der Waals surface area (Å²) in [4.78, 5) is 0. The number of unbranched alkanes of at least 4 members (excludes halogenated alkanes) is 9. The van der Waals surface area contributed by atoms with Crippen LogP contribution in [-0.4, -0.2) is 32.8 Å². The van der Waals surface area contributed by atoms with Crippen molar-refractivity contribution in [2.45, 2.75) is 77.6 Å². The molecule has 0 aromatic rings. The third kappa shape index (κ3) is 22.7. The van der Waals surface area contributed by atoms with E-state index in [0.29, 0.717) is 19.4 Å². The molecule has 0 atom stereocenters. The van der Waals surface area contributed by atoms with Gasteiger partial charge in [-0.05, 0) is 19.3 Å². The van der Waals surface area contributed by atoms with Gasteiger partial charge in [0.2, 0.25) is 10.4 Å². The molecule has 0 bridgehead atoms. The van der Waals surface area contributed by atoms with Gasteiger partial charge in [-0.2, -0.15) is 0 Å². The Morgan fingerprint density at radius 3 is 1.64 bits per heavy atom. The van der Waals surface area contributed by atoms with Crippen LogP contribution in [0.4, 0.5) is 0 Å². The van der Waals surface area contributed by atoms with E-state index in [1.165, 1.54) is 51.4 Å². The quantitative estimate of drug-likeness (QED) is 0.181. The molecule has 0 saturated heterocycles. The molecular weight excluding hydrogens is 299 g/mol. The zero-order valence-electron chi connectivity index (χ0n) is 14.3. The number of hydrogen-bond donors (Lipinski definition) is 0. The van der Waals surface area contributed by atoms with Crippen molar-refractivity contribution in [3.05, 3.63) is 0 Å². The molecule has 0 fully saturated rings. The minimum atomic E-state index is -4.53. The van der Waals surface area contributed by atoms with Gasteiger partial charge in [-0.1, -0.05) is 58.3 Å². The second-order valence-corrected chi connectivity index (χ2v) is 6.43. The van der Waals surface area contributed by atoms with Crippen LogP contribution < -0.4 is 18.9 Å². The monoisotopic (exact) mass is 330 g/mol. The molecule has 0 aliphatic rings. The van der Waals surface area contributed by atoms with E-state index < -0.39 is 10.4 Å². The summed E-state index contributed by atoms with van der Waals surface area (Å²) >= 11 is 0. The Labute approximate surface area is 148 Å². The van der Waals surface area contributed by atoms with Crippen molar-refractivity contribution in [3.63, 3.8) is 0 Å². The topological polar surface area (TPSA) is 75.7 Å². The normalized spacial score (nSPS) is 11.4. The van der Waals surface area contributed by atoms with E-state index in [0.717, 1.165) is 13.0 Å². The third-order valence-electron chi connectivity index (χ3n) is 3.30. The van der Waals surface area contributed by atoms with Gasteiger partial charge in [0.15, 0.2) is 0 Å². The zero-order chi connectivity index (χ0) is 15.8. The largest absolute Gasteiger partial charge is 1.00 e. The molecule has 0 aliphatic heterocycles. The Balaban J connectivity index is 0. The van der Waals surface area contributed by atoms with Gasteiger partial charge in [0, 0.05) is 13.2 Å². The number of rotatable bonds is 16. The number of ether oxygens (including phenoxy) is 1. The molecule has 0 saturated carbocycles. The Morgan fingerprint density at radius 1 is 0.727 bits per heavy atom. The van der Waals surface area contributed by atoms with Crippen LogP contribution in [0.5, 0.6) is 0 Å². The van der Waals surface area contributed by atoms with Crippen LogP contribution in [0.25, 0.3) is 0 Å². The van der Waals surface area contributed by atoms with Gasteiger partial charge < -0.3 is 9.29 Å². The van der Waals surface area contributed by atoms with Crippen molar-refractivity contribution in [2.75, 3.05) is 19.8 Å². The maximum Gasteiger partial charge on any atom is 1.00 e. The molecule has 22 heavy (non-hydrogen) atoms. The van der Waals surface area contributed by atoms with Gasteiger partial charge >= 0.3 is 18.9 Å². The maximum absolute atomic E-state index is 10.2. The van der Waals surface area contributed by atoms with E-state index in [9.17, 15) is 13.0 Å². The van der Waals surface area contributed by atoms with Crippen LogP contribution >= 0.6 is 0 Å². The molecule has 0 N–H and O–H groups in total. The zero-order valence-corrected chi connectivity index (χ0v) is 15.2. The Bertz CT molecular complexity index is 309. The first-order valence-electron chi connectivity index (χ1n) is 8.24. The van der Waals surface area contributed by atoms with Gasteiger partial charge in [0.05, 0.1) is 6.61 Å². The van der Waals surface area contributed by atoms with Gasteiger partial charge in [-0.3, -0.25) is 4.18 Å². The molecule has 0 unspecified atom stereocenters. The van der Waals surface area contributed by atoms with E-state index >= 15 is 0 Å². The Kier molecular flexibility index (Phi) is 19.9. The summed E-state index contributed by atoms with van der Waals surface area (Å²) < 4.78 is 40.0. The van der Waals surface area contributed by atoms with E-state index in [2.05, 4.69) is 11.1 Å². The first-order chi connectivity index (χ1) is 10.1. The summed E-state index contributed by atoms with van der Waals surface area (Å²) in [6.07, 6.45) is 12.9. The van der Waals surface area contributed by atoms with E-state index in [1.54, 1.807) is 0 Å². The summed E-state index contributed by atoms with van der Waals surface area (Å²) in [5, 5.41) is 0. The van der Waals surface area contributed by atoms with Crippen molar-refractivity contribution in [3.8, 4) is 0 Å². The SMILES string of the molecule is CCCCCCCCCCCOCCCCOS(=O)(=O)[O-].[Li+]. The van der Waals surface area contributed by atoms with Crippen molar-refractivity contribution in [2.24, 2.45) is 0 Å². The molecule has 5 nitrogen and oxygen atoms in total. The Hall–Kier alpha value is 0.427. The van der Waals surface area contributed by atoms with Gasteiger partial charge in [-0.15, -0.1) is 0 Å². The van der Waals surface area contributed by atoms with E-state index in [1.807, 2.05) is 0 Å². The fourth-order valence-electron chi connectivity index (χ4n) is 2.08. The second-order valence-electron chi connectivity index (χ2n) is 5.38. The van der Waals surface area contributed by atoms with Crippen LogP contribution in [0.2, 0.25) is 0 Å². The summed E-state index contributed by atoms with van der Waals surface area (Å²) in [6, 6.07) is 0. The van der Waals surface area contributed by atoms with Gasteiger partial charge in [0.1, 0.15) is 0 Å². The number of hydrogen-bond acceptors (Lipinski definition) is 5.